The first kappa shape index (κ1) is 24.2. The molecule has 0 aliphatic carbocycles. The summed E-state index contributed by atoms with van der Waals surface area (Å²) in [7, 11) is 0. The maximum absolute atomic E-state index is 12.4. The highest BCUT2D eigenvalue weighted by Crippen LogP contribution is 2.19. The number of carbonyl (C=O) groups is 3. The van der Waals surface area contributed by atoms with E-state index < -0.39 is 11.9 Å². The first-order valence-corrected chi connectivity index (χ1v) is 11.1. The van der Waals surface area contributed by atoms with E-state index in [2.05, 4.69) is 20.9 Å². The van der Waals surface area contributed by atoms with Crippen molar-refractivity contribution in [3.8, 4) is 0 Å². The fraction of sp³-hybridized carbons (Fsp3) is 0.375. The van der Waals surface area contributed by atoms with E-state index in [9.17, 15) is 14.4 Å². The number of nitrogens with zero attached hydrogens (tertiary/aromatic N) is 2. The van der Waals surface area contributed by atoms with E-state index in [0.29, 0.717) is 32.0 Å². The average molecular weight is 454 g/mol. The van der Waals surface area contributed by atoms with E-state index in [4.69, 9.17) is 4.74 Å². The van der Waals surface area contributed by atoms with Crippen LogP contribution in [0.15, 0.2) is 54.6 Å². The van der Waals surface area contributed by atoms with Gasteiger partial charge in [0.2, 0.25) is 11.8 Å². The van der Waals surface area contributed by atoms with Crippen molar-refractivity contribution in [1.29, 1.82) is 0 Å². The van der Waals surface area contributed by atoms with E-state index in [1.807, 2.05) is 61.5 Å². The van der Waals surface area contributed by atoms with Gasteiger partial charge in [-0.1, -0.05) is 37.3 Å². The minimum Gasteiger partial charge on any atom is -0.378 e. The Hall–Kier alpha value is -3.43. The lowest BCUT2D eigenvalue weighted by molar-refractivity contribution is -0.122. The number of rotatable bonds is 9. The van der Waals surface area contributed by atoms with Crippen molar-refractivity contribution in [3.63, 3.8) is 0 Å². The molecule has 3 N–H and O–H groups in total. The van der Waals surface area contributed by atoms with Crippen LogP contribution < -0.4 is 20.9 Å². The van der Waals surface area contributed by atoms with Gasteiger partial charge in [0.1, 0.15) is 0 Å². The van der Waals surface area contributed by atoms with Crippen LogP contribution in [0.5, 0.6) is 0 Å². The monoisotopic (exact) mass is 453 g/mol. The molecule has 0 bridgehead atoms. The summed E-state index contributed by atoms with van der Waals surface area (Å²) in [5.41, 5.74) is 2.72. The van der Waals surface area contributed by atoms with Gasteiger partial charge in [-0.05, 0) is 36.4 Å². The summed E-state index contributed by atoms with van der Waals surface area (Å²) in [5, 5.41) is 7.80. The predicted octanol–water partition coefficient (Wildman–Crippen LogP) is 1.81. The molecule has 4 amide bonds. The van der Waals surface area contributed by atoms with Gasteiger partial charge < -0.3 is 20.3 Å². The number of carbonyl (C=O) groups excluding carboxylic acids is 3. The Morgan fingerprint density at radius 3 is 2.27 bits per heavy atom. The summed E-state index contributed by atoms with van der Waals surface area (Å²) in [6.07, 6.45) is 0. The fourth-order valence-electron chi connectivity index (χ4n) is 3.45. The molecule has 1 aliphatic heterocycles. The molecule has 0 unspecified atom stereocenters. The normalized spacial score (nSPS) is 13.5. The molecule has 1 fully saturated rings. The topological polar surface area (TPSA) is 103 Å². The molecule has 0 atom stereocenters. The molecule has 9 heteroatoms. The second-order valence-electron chi connectivity index (χ2n) is 7.71. The van der Waals surface area contributed by atoms with Gasteiger partial charge in [-0.25, -0.2) is 4.79 Å². The number of morpholine rings is 1. The first-order chi connectivity index (χ1) is 16.0. The summed E-state index contributed by atoms with van der Waals surface area (Å²) in [6.45, 7) is 5.79. The number of benzene rings is 2. The number of imide groups is 1. The van der Waals surface area contributed by atoms with Crippen LogP contribution in [-0.4, -0.2) is 68.7 Å². The van der Waals surface area contributed by atoms with Crippen LogP contribution in [0.4, 0.5) is 16.2 Å². The predicted molar refractivity (Wildman–Crippen MR) is 127 cm³/mol. The van der Waals surface area contributed by atoms with E-state index in [0.717, 1.165) is 24.3 Å². The third-order valence-corrected chi connectivity index (χ3v) is 5.26. The van der Waals surface area contributed by atoms with Gasteiger partial charge in [0.05, 0.1) is 26.3 Å². The van der Waals surface area contributed by atoms with Gasteiger partial charge in [-0.3, -0.25) is 19.8 Å². The van der Waals surface area contributed by atoms with Crippen molar-refractivity contribution in [2.45, 2.75) is 13.5 Å². The fourth-order valence-corrected chi connectivity index (χ4v) is 3.45. The zero-order valence-corrected chi connectivity index (χ0v) is 18.9. The molecule has 0 aromatic heterocycles. The molecular formula is C24H31N5O4. The van der Waals surface area contributed by atoms with Crippen LogP contribution in [0.25, 0.3) is 0 Å². The molecule has 2 aromatic carbocycles. The molecule has 3 rings (SSSR count). The Kier molecular flexibility index (Phi) is 9.22. The summed E-state index contributed by atoms with van der Waals surface area (Å²) in [6, 6.07) is 16.5. The molecule has 0 spiro atoms. The summed E-state index contributed by atoms with van der Waals surface area (Å²) in [4.78, 5) is 40.5. The first-order valence-electron chi connectivity index (χ1n) is 11.1. The van der Waals surface area contributed by atoms with E-state index in [-0.39, 0.29) is 19.0 Å². The largest absolute Gasteiger partial charge is 0.378 e. The minimum absolute atomic E-state index is 0.0424. The molecule has 1 aliphatic rings. The number of amides is 4. The Bertz CT molecular complexity index is 914. The Morgan fingerprint density at radius 1 is 0.939 bits per heavy atom. The van der Waals surface area contributed by atoms with E-state index >= 15 is 0 Å². The molecule has 0 radical (unpaired) electrons. The van der Waals surface area contributed by atoms with E-state index in [1.165, 1.54) is 0 Å². The van der Waals surface area contributed by atoms with Crippen molar-refractivity contribution in [1.82, 2.24) is 15.5 Å². The molecule has 1 saturated heterocycles. The number of hydrogen-bond acceptors (Lipinski definition) is 6. The lowest BCUT2D eigenvalue weighted by atomic mass is 10.2. The Morgan fingerprint density at radius 2 is 1.61 bits per heavy atom. The molecule has 2 aromatic rings. The lowest BCUT2D eigenvalue weighted by Gasteiger charge is -2.29. The summed E-state index contributed by atoms with van der Waals surface area (Å²) >= 11 is 0. The lowest BCUT2D eigenvalue weighted by Crippen LogP contribution is -2.45. The molecule has 33 heavy (non-hydrogen) atoms. The van der Waals surface area contributed by atoms with Crippen LogP contribution in [-0.2, 0) is 20.9 Å². The number of hydrogen-bond donors (Lipinski definition) is 3. The molecule has 9 nitrogen and oxygen atoms in total. The Balaban J connectivity index is 1.40. The van der Waals surface area contributed by atoms with Crippen molar-refractivity contribution in [3.05, 3.63) is 60.2 Å². The number of urea groups is 1. The van der Waals surface area contributed by atoms with E-state index in [1.54, 1.807) is 4.90 Å². The highest BCUT2D eigenvalue weighted by Gasteiger charge is 2.16. The van der Waals surface area contributed by atoms with Crippen LogP contribution in [0, 0.1) is 0 Å². The van der Waals surface area contributed by atoms with Crippen LogP contribution in [0.1, 0.15) is 12.5 Å². The molecular weight excluding hydrogens is 422 g/mol. The van der Waals surface area contributed by atoms with Gasteiger partial charge in [0.15, 0.2) is 0 Å². The van der Waals surface area contributed by atoms with Gasteiger partial charge in [0, 0.05) is 31.0 Å². The third kappa shape index (κ3) is 8.21. The van der Waals surface area contributed by atoms with Crippen molar-refractivity contribution in [2.75, 3.05) is 56.2 Å². The maximum Gasteiger partial charge on any atom is 0.321 e. The molecule has 0 saturated carbocycles. The van der Waals surface area contributed by atoms with Gasteiger partial charge in [0.25, 0.3) is 0 Å². The standard InChI is InChI=1S/C24H31N5O4/c1-2-28(18-23(31)27-24(32)25-16-19-6-4-3-5-7-19)17-22(30)26-20-8-10-21(11-9-20)29-12-14-33-15-13-29/h3-11H,2,12-18H2,1H3,(H,26,30)(H2,25,27,31,32). The van der Waals surface area contributed by atoms with Crippen molar-refractivity contribution < 1.29 is 19.1 Å². The maximum atomic E-state index is 12.4. The number of anilines is 2. The smallest absolute Gasteiger partial charge is 0.321 e. The minimum atomic E-state index is -0.565. The number of ether oxygens (including phenoxy) is 1. The third-order valence-electron chi connectivity index (χ3n) is 5.26. The summed E-state index contributed by atoms with van der Waals surface area (Å²) < 4.78 is 5.37. The molecule has 176 valence electrons. The number of nitrogens with one attached hydrogen (secondary N) is 3. The van der Waals surface area contributed by atoms with Crippen LogP contribution >= 0.6 is 0 Å². The van der Waals surface area contributed by atoms with Gasteiger partial charge >= 0.3 is 6.03 Å². The second kappa shape index (κ2) is 12.6. The van der Waals surface area contributed by atoms with Gasteiger partial charge in [-0.15, -0.1) is 0 Å². The van der Waals surface area contributed by atoms with Crippen LogP contribution in [0.3, 0.4) is 0 Å². The van der Waals surface area contributed by atoms with Crippen LogP contribution in [0.2, 0.25) is 0 Å². The second-order valence-corrected chi connectivity index (χ2v) is 7.71. The number of likely N-dealkylation sites (N-methyl/N-ethyl adjacent to an activating group) is 1. The Labute approximate surface area is 194 Å². The SMILES string of the molecule is CCN(CC(=O)NC(=O)NCc1ccccc1)CC(=O)Nc1ccc(N2CCOCC2)cc1. The zero-order chi connectivity index (χ0) is 23.5. The highest BCUT2D eigenvalue weighted by molar-refractivity contribution is 5.96. The summed E-state index contributed by atoms with van der Waals surface area (Å²) in [5.74, 6) is -0.692. The average Bonchev–Trinajstić information content (AvgIpc) is 2.84. The van der Waals surface area contributed by atoms with Gasteiger partial charge in [-0.2, -0.15) is 0 Å². The molecule has 1 heterocycles. The van der Waals surface area contributed by atoms with Crippen molar-refractivity contribution >= 4 is 29.2 Å². The quantitative estimate of drug-likeness (QED) is 0.535. The zero-order valence-electron chi connectivity index (χ0n) is 18.9. The van der Waals surface area contributed by atoms with Crippen molar-refractivity contribution in [2.24, 2.45) is 0 Å². The highest BCUT2D eigenvalue weighted by atomic mass is 16.5.